The Morgan fingerprint density at radius 3 is 2.76 bits per heavy atom. The maximum atomic E-state index is 12.9. The Balaban J connectivity index is 2.26. The average molecular weight is 304 g/mol. The lowest BCUT2D eigenvalue weighted by Crippen LogP contribution is -2.49. The number of nitrogens with zero attached hydrogens (tertiary/aromatic N) is 2. The molecule has 1 aliphatic rings. The van der Waals surface area contributed by atoms with Gasteiger partial charge >= 0.3 is 12.1 Å². The number of amides is 1. The fourth-order valence-electron chi connectivity index (χ4n) is 1.94. The van der Waals surface area contributed by atoms with Gasteiger partial charge in [0.25, 0.3) is 5.91 Å². The van der Waals surface area contributed by atoms with E-state index in [0.717, 1.165) is 23.2 Å². The monoisotopic (exact) mass is 304 g/mol. The van der Waals surface area contributed by atoms with Crippen LogP contribution >= 0.6 is 0 Å². The molecule has 1 aromatic heterocycles. The number of hydrogen-bond donors (Lipinski definition) is 1. The van der Waals surface area contributed by atoms with Gasteiger partial charge in [-0.05, 0) is 12.1 Å². The second-order valence-corrected chi connectivity index (χ2v) is 4.35. The van der Waals surface area contributed by atoms with Crippen molar-refractivity contribution < 1.29 is 32.6 Å². The molecule has 2 heterocycles. The number of aliphatic carboxylic acids is 1. The molecule has 1 N–H and O–H groups in total. The summed E-state index contributed by atoms with van der Waals surface area (Å²) in [6, 6.07) is 1.84. The van der Waals surface area contributed by atoms with Crippen LogP contribution in [0.25, 0.3) is 0 Å². The summed E-state index contributed by atoms with van der Waals surface area (Å²) < 4.78 is 43.5. The molecule has 0 radical (unpaired) electrons. The van der Waals surface area contributed by atoms with Crippen LogP contribution in [0.3, 0.4) is 0 Å². The van der Waals surface area contributed by atoms with Gasteiger partial charge in [0.15, 0.2) is 6.10 Å². The van der Waals surface area contributed by atoms with Crippen LogP contribution in [0.2, 0.25) is 0 Å². The van der Waals surface area contributed by atoms with Crippen LogP contribution in [-0.2, 0) is 15.7 Å². The number of pyridine rings is 1. The van der Waals surface area contributed by atoms with Crippen molar-refractivity contribution in [3.63, 3.8) is 0 Å². The number of carboxylic acids is 1. The summed E-state index contributed by atoms with van der Waals surface area (Å²) in [4.78, 5) is 27.5. The van der Waals surface area contributed by atoms with Crippen LogP contribution in [0.15, 0.2) is 18.3 Å². The number of alkyl halides is 3. The lowest BCUT2D eigenvalue weighted by Gasteiger charge is -2.31. The number of carbonyl (C=O) groups is 2. The van der Waals surface area contributed by atoms with Crippen LogP contribution in [0, 0.1) is 0 Å². The predicted molar refractivity (Wildman–Crippen MR) is 62.5 cm³/mol. The van der Waals surface area contributed by atoms with E-state index in [0.29, 0.717) is 0 Å². The van der Waals surface area contributed by atoms with E-state index >= 15 is 0 Å². The summed E-state index contributed by atoms with van der Waals surface area (Å²) in [7, 11) is 0. The maximum Gasteiger partial charge on any atom is 0.418 e. The summed E-state index contributed by atoms with van der Waals surface area (Å²) in [5.74, 6) is -2.23. The summed E-state index contributed by atoms with van der Waals surface area (Å²) >= 11 is 0. The lowest BCUT2D eigenvalue weighted by atomic mass is 10.1. The van der Waals surface area contributed by atoms with Crippen molar-refractivity contribution >= 4 is 11.9 Å². The van der Waals surface area contributed by atoms with E-state index in [1.165, 1.54) is 0 Å². The normalized spacial score (nSPS) is 19.4. The van der Waals surface area contributed by atoms with Crippen LogP contribution in [0.5, 0.6) is 0 Å². The van der Waals surface area contributed by atoms with Gasteiger partial charge in [-0.25, -0.2) is 4.79 Å². The zero-order valence-electron chi connectivity index (χ0n) is 10.6. The molecule has 2 rings (SSSR count). The second-order valence-electron chi connectivity index (χ2n) is 4.35. The Morgan fingerprint density at radius 2 is 2.14 bits per heavy atom. The van der Waals surface area contributed by atoms with Gasteiger partial charge in [-0.2, -0.15) is 13.2 Å². The van der Waals surface area contributed by atoms with E-state index in [4.69, 9.17) is 9.84 Å². The highest BCUT2D eigenvalue weighted by Gasteiger charge is 2.38. The van der Waals surface area contributed by atoms with Crippen LogP contribution in [-0.4, -0.2) is 52.7 Å². The zero-order chi connectivity index (χ0) is 15.6. The molecule has 0 bridgehead atoms. The Labute approximate surface area is 117 Å². The molecule has 1 amide bonds. The fourth-order valence-corrected chi connectivity index (χ4v) is 1.94. The van der Waals surface area contributed by atoms with Gasteiger partial charge in [0.05, 0.1) is 18.7 Å². The summed E-state index contributed by atoms with van der Waals surface area (Å²) in [6.07, 6.45) is -4.88. The van der Waals surface area contributed by atoms with Crippen molar-refractivity contribution in [2.24, 2.45) is 0 Å². The number of morpholine rings is 1. The standard InChI is InChI=1S/C12H11F3N2O4/c13-12(14,15)7-2-1-3-16-9(7)10(18)17-4-5-21-8(6-17)11(19)20/h1-3,8H,4-6H2,(H,19,20). The quantitative estimate of drug-likeness (QED) is 0.882. The Kier molecular flexibility index (Phi) is 4.12. The molecular weight excluding hydrogens is 293 g/mol. The van der Waals surface area contributed by atoms with Crippen molar-refractivity contribution in [2.75, 3.05) is 19.7 Å². The summed E-state index contributed by atoms with van der Waals surface area (Å²) in [5.41, 5.74) is -1.88. The molecule has 1 saturated heterocycles. The van der Waals surface area contributed by atoms with Gasteiger partial charge < -0.3 is 14.7 Å². The highest BCUT2D eigenvalue weighted by molar-refractivity contribution is 5.94. The number of ether oxygens (including phenoxy) is 1. The first-order chi connectivity index (χ1) is 9.80. The molecule has 0 aliphatic carbocycles. The van der Waals surface area contributed by atoms with E-state index in [9.17, 15) is 22.8 Å². The molecule has 1 unspecified atom stereocenters. The molecule has 1 atom stereocenters. The third-order valence-corrected chi connectivity index (χ3v) is 2.94. The SMILES string of the molecule is O=C(O)C1CN(C(=O)c2ncccc2C(F)(F)F)CCO1. The molecule has 6 nitrogen and oxygen atoms in total. The fraction of sp³-hybridized carbons (Fsp3) is 0.417. The Morgan fingerprint density at radius 1 is 1.43 bits per heavy atom. The highest BCUT2D eigenvalue weighted by Crippen LogP contribution is 2.31. The molecule has 1 aromatic rings. The number of hydrogen-bond acceptors (Lipinski definition) is 4. The van der Waals surface area contributed by atoms with Gasteiger partial charge in [-0.3, -0.25) is 9.78 Å². The minimum atomic E-state index is -4.71. The smallest absolute Gasteiger partial charge is 0.418 e. The molecule has 1 fully saturated rings. The molecule has 0 aromatic carbocycles. The van der Waals surface area contributed by atoms with Gasteiger partial charge in [-0.15, -0.1) is 0 Å². The Bertz CT molecular complexity index is 562. The topological polar surface area (TPSA) is 79.7 Å². The van der Waals surface area contributed by atoms with Gasteiger partial charge in [0, 0.05) is 12.7 Å². The summed E-state index contributed by atoms with van der Waals surface area (Å²) in [6.45, 7) is -0.366. The van der Waals surface area contributed by atoms with Crippen LogP contribution < -0.4 is 0 Å². The largest absolute Gasteiger partial charge is 0.479 e. The molecule has 0 saturated carbocycles. The van der Waals surface area contributed by atoms with Crippen molar-refractivity contribution in [3.05, 3.63) is 29.6 Å². The van der Waals surface area contributed by atoms with E-state index in [1.54, 1.807) is 0 Å². The molecule has 9 heteroatoms. The molecule has 114 valence electrons. The van der Waals surface area contributed by atoms with Gasteiger partial charge in [-0.1, -0.05) is 0 Å². The lowest BCUT2D eigenvalue weighted by molar-refractivity contribution is -0.154. The van der Waals surface area contributed by atoms with Crippen molar-refractivity contribution in [1.29, 1.82) is 0 Å². The third-order valence-electron chi connectivity index (χ3n) is 2.94. The first-order valence-electron chi connectivity index (χ1n) is 5.96. The summed E-state index contributed by atoms with van der Waals surface area (Å²) in [5, 5.41) is 8.83. The van der Waals surface area contributed by atoms with E-state index in [-0.39, 0.29) is 19.7 Å². The van der Waals surface area contributed by atoms with Crippen LogP contribution in [0.4, 0.5) is 13.2 Å². The number of carbonyl (C=O) groups excluding carboxylic acids is 1. The molecule has 21 heavy (non-hydrogen) atoms. The minimum absolute atomic E-state index is 0.0104. The third kappa shape index (κ3) is 3.30. The highest BCUT2D eigenvalue weighted by atomic mass is 19.4. The molecular formula is C12H11F3N2O4. The van der Waals surface area contributed by atoms with Crippen molar-refractivity contribution in [1.82, 2.24) is 9.88 Å². The van der Waals surface area contributed by atoms with Crippen molar-refractivity contribution in [3.8, 4) is 0 Å². The van der Waals surface area contributed by atoms with Crippen molar-refractivity contribution in [2.45, 2.75) is 12.3 Å². The van der Waals surface area contributed by atoms with E-state index < -0.39 is 35.4 Å². The van der Waals surface area contributed by atoms with Crippen LogP contribution in [0.1, 0.15) is 16.1 Å². The number of halogens is 3. The maximum absolute atomic E-state index is 12.9. The Hall–Kier alpha value is -2.16. The van der Waals surface area contributed by atoms with E-state index in [1.807, 2.05) is 0 Å². The van der Waals surface area contributed by atoms with Gasteiger partial charge in [0.1, 0.15) is 5.69 Å². The number of carboxylic acid groups (broad SMARTS) is 1. The predicted octanol–water partition coefficient (Wildman–Crippen LogP) is 1.03. The molecule has 1 aliphatic heterocycles. The van der Waals surface area contributed by atoms with E-state index in [2.05, 4.69) is 4.98 Å². The zero-order valence-corrected chi connectivity index (χ0v) is 10.6. The van der Waals surface area contributed by atoms with Gasteiger partial charge in [0.2, 0.25) is 0 Å². The number of rotatable bonds is 2. The second kappa shape index (κ2) is 5.68. The molecule has 0 spiro atoms. The minimum Gasteiger partial charge on any atom is -0.479 e. The first-order valence-corrected chi connectivity index (χ1v) is 5.96. The first kappa shape index (κ1) is 15.2. The average Bonchev–Trinajstić information content (AvgIpc) is 2.45. The number of aromatic nitrogens is 1.